The number of aromatic nitrogens is 3. The van der Waals surface area contributed by atoms with Gasteiger partial charge in [-0.15, -0.1) is 5.10 Å². The first-order valence-electron chi connectivity index (χ1n) is 6.20. The molecule has 1 fully saturated rings. The average Bonchev–Trinajstić information content (AvgIpc) is 3.17. The average molecular weight is 262 g/mol. The third kappa shape index (κ3) is 2.25. The van der Waals surface area contributed by atoms with Crippen LogP contribution in [0.4, 0.5) is 10.2 Å². The molecule has 1 heterocycles. The summed E-state index contributed by atoms with van der Waals surface area (Å²) in [6.45, 7) is 0.339. The second kappa shape index (κ2) is 4.53. The summed E-state index contributed by atoms with van der Waals surface area (Å²) in [7, 11) is 1.51. The Balaban J connectivity index is 1.89. The van der Waals surface area contributed by atoms with Crippen molar-refractivity contribution in [3.8, 4) is 5.75 Å². The van der Waals surface area contributed by atoms with E-state index in [0.717, 1.165) is 18.5 Å². The van der Waals surface area contributed by atoms with Crippen LogP contribution in [-0.4, -0.2) is 22.1 Å². The van der Waals surface area contributed by atoms with Crippen LogP contribution < -0.4 is 10.5 Å². The highest BCUT2D eigenvalue weighted by atomic mass is 19.1. The number of nitrogens with zero attached hydrogens (tertiary/aromatic N) is 3. The Labute approximate surface area is 110 Å². The number of ether oxygens (including phenoxy) is 1. The van der Waals surface area contributed by atoms with E-state index in [1.54, 1.807) is 16.8 Å². The Morgan fingerprint density at radius 1 is 1.47 bits per heavy atom. The molecule has 5 nitrogen and oxygen atoms in total. The van der Waals surface area contributed by atoms with Crippen molar-refractivity contribution in [2.24, 2.45) is 0 Å². The number of anilines is 1. The summed E-state index contributed by atoms with van der Waals surface area (Å²) in [5.74, 6) is 1.07. The van der Waals surface area contributed by atoms with Crippen LogP contribution in [0.2, 0.25) is 0 Å². The summed E-state index contributed by atoms with van der Waals surface area (Å²) in [6, 6.07) is 4.80. The number of methoxy groups -OCH3 is 1. The summed E-state index contributed by atoms with van der Waals surface area (Å²) < 4.78 is 20.6. The quantitative estimate of drug-likeness (QED) is 0.914. The van der Waals surface area contributed by atoms with E-state index in [4.69, 9.17) is 10.5 Å². The lowest BCUT2D eigenvalue weighted by molar-refractivity contribution is 0.410. The highest BCUT2D eigenvalue weighted by Gasteiger charge is 2.30. The molecule has 0 amide bonds. The zero-order valence-electron chi connectivity index (χ0n) is 10.6. The van der Waals surface area contributed by atoms with Crippen LogP contribution in [0.25, 0.3) is 0 Å². The van der Waals surface area contributed by atoms with Gasteiger partial charge in [-0.05, 0) is 18.9 Å². The molecule has 100 valence electrons. The van der Waals surface area contributed by atoms with E-state index in [1.807, 2.05) is 0 Å². The fourth-order valence-corrected chi connectivity index (χ4v) is 2.17. The van der Waals surface area contributed by atoms with Gasteiger partial charge in [0.05, 0.1) is 19.3 Å². The van der Waals surface area contributed by atoms with E-state index in [2.05, 4.69) is 10.3 Å². The van der Waals surface area contributed by atoms with Crippen molar-refractivity contribution in [3.63, 3.8) is 0 Å². The van der Waals surface area contributed by atoms with E-state index in [0.29, 0.717) is 29.6 Å². The minimum Gasteiger partial charge on any atom is -0.497 e. The van der Waals surface area contributed by atoms with Crippen LogP contribution in [0.3, 0.4) is 0 Å². The lowest BCUT2D eigenvalue weighted by Gasteiger charge is -2.08. The number of benzene rings is 1. The van der Waals surface area contributed by atoms with Gasteiger partial charge in [0.15, 0.2) is 5.82 Å². The van der Waals surface area contributed by atoms with Crippen LogP contribution in [0.5, 0.6) is 5.75 Å². The lowest BCUT2D eigenvalue weighted by Crippen LogP contribution is -2.08. The van der Waals surface area contributed by atoms with Crippen LogP contribution >= 0.6 is 0 Å². The standard InChI is InChI=1S/C13H15FN4O/c1-19-10-5-4-9(11(14)6-10)7-18-12(8-2-3-8)13(15)16-17-18/h4-6,8H,2-3,7,15H2,1H3. The van der Waals surface area contributed by atoms with Crippen molar-refractivity contribution >= 4 is 5.82 Å². The maximum atomic E-state index is 13.9. The van der Waals surface area contributed by atoms with Gasteiger partial charge in [-0.1, -0.05) is 11.3 Å². The molecular weight excluding hydrogens is 247 g/mol. The summed E-state index contributed by atoms with van der Waals surface area (Å²) in [6.07, 6.45) is 2.20. The molecule has 1 aliphatic carbocycles. The molecule has 6 heteroatoms. The molecule has 1 aromatic carbocycles. The lowest BCUT2D eigenvalue weighted by atomic mass is 10.2. The summed E-state index contributed by atoms with van der Waals surface area (Å²) in [5, 5.41) is 7.88. The second-order valence-electron chi connectivity index (χ2n) is 4.75. The highest BCUT2D eigenvalue weighted by molar-refractivity contribution is 5.39. The number of hydrogen-bond donors (Lipinski definition) is 1. The highest BCUT2D eigenvalue weighted by Crippen LogP contribution is 2.42. The van der Waals surface area contributed by atoms with Gasteiger partial charge < -0.3 is 10.5 Å². The van der Waals surface area contributed by atoms with Gasteiger partial charge in [0.2, 0.25) is 0 Å². The van der Waals surface area contributed by atoms with Crippen molar-refractivity contribution < 1.29 is 9.13 Å². The SMILES string of the molecule is COc1ccc(Cn2nnc(N)c2C2CC2)c(F)c1. The van der Waals surface area contributed by atoms with Gasteiger partial charge in [-0.3, -0.25) is 0 Å². The van der Waals surface area contributed by atoms with E-state index < -0.39 is 0 Å². The number of nitrogens with two attached hydrogens (primary N) is 1. The third-order valence-electron chi connectivity index (χ3n) is 3.35. The minimum atomic E-state index is -0.310. The number of nitrogen functional groups attached to an aromatic ring is 1. The van der Waals surface area contributed by atoms with Gasteiger partial charge in [0.1, 0.15) is 11.6 Å². The Morgan fingerprint density at radius 3 is 2.89 bits per heavy atom. The van der Waals surface area contributed by atoms with Gasteiger partial charge in [0, 0.05) is 17.5 Å². The smallest absolute Gasteiger partial charge is 0.169 e. The molecule has 1 aliphatic rings. The van der Waals surface area contributed by atoms with E-state index in [9.17, 15) is 4.39 Å². The Morgan fingerprint density at radius 2 is 2.26 bits per heavy atom. The molecule has 2 aromatic rings. The zero-order valence-corrected chi connectivity index (χ0v) is 10.6. The van der Waals surface area contributed by atoms with E-state index in [-0.39, 0.29) is 5.82 Å². The fraction of sp³-hybridized carbons (Fsp3) is 0.385. The van der Waals surface area contributed by atoms with Crippen LogP contribution in [0, 0.1) is 5.82 Å². The molecule has 0 saturated heterocycles. The Bertz CT molecular complexity index is 607. The van der Waals surface area contributed by atoms with Crippen molar-refractivity contribution in [1.82, 2.24) is 15.0 Å². The molecule has 0 bridgehead atoms. The summed E-state index contributed by atoms with van der Waals surface area (Å²) in [4.78, 5) is 0. The van der Waals surface area contributed by atoms with Gasteiger partial charge in [-0.2, -0.15) is 0 Å². The number of hydrogen-bond acceptors (Lipinski definition) is 4. The van der Waals surface area contributed by atoms with Crippen molar-refractivity contribution in [2.75, 3.05) is 12.8 Å². The molecule has 1 aromatic heterocycles. The van der Waals surface area contributed by atoms with Crippen LogP contribution in [-0.2, 0) is 6.54 Å². The maximum absolute atomic E-state index is 13.9. The summed E-state index contributed by atoms with van der Waals surface area (Å²) >= 11 is 0. The molecule has 1 saturated carbocycles. The Hall–Kier alpha value is -2.11. The fourth-order valence-electron chi connectivity index (χ4n) is 2.17. The topological polar surface area (TPSA) is 66.0 Å². The van der Waals surface area contributed by atoms with Gasteiger partial charge >= 0.3 is 0 Å². The third-order valence-corrected chi connectivity index (χ3v) is 3.35. The second-order valence-corrected chi connectivity index (χ2v) is 4.75. The minimum absolute atomic E-state index is 0.310. The largest absolute Gasteiger partial charge is 0.497 e. The van der Waals surface area contributed by atoms with Crippen molar-refractivity contribution in [1.29, 1.82) is 0 Å². The first kappa shape index (κ1) is 12.0. The molecule has 19 heavy (non-hydrogen) atoms. The maximum Gasteiger partial charge on any atom is 0.169 e. The monoisotopic (exact) mass is 262 g/mol. The summed E-state index contributed by atoms with van der Waals surface area (Å²) in [5.41, 5.74) is 7.29. The molecule has 0 aliphatic heterocycles. The van der Waals surface area contributed by atoms with Crippen molar-refractivity contribution in [2.45, 2.75) is 25.3 Å². The molecule has 2 N–H and O–H groups in total. The Kier molecular flexibility index (Phi) is 2.85. The predicted molar refractivity (Wildman–Crippen MR) is 68.5 cm³/mol. The number of halogens is 1. The molecule has 0 unspecified atom stereocenters. The van der Waals surface area contributed by atoms with E-state index in [1.165, 1.54) is 13.2 Å². The first-order valence-corrected chi connectivity index (χ1v) is 6.20. The van der Waals surface area contributed by atoms with E-state index >= 15 is 0 Å². The molecule has 0 atom stereocenters. The molecule has 3 rings (SSSR count). The van der Waals surface area contributed by atoms with Gasteiger partial charge in [-0.25, -0.2) is 9.07 Å². The van der Waals surface area contributed by atoms with Gasteiger partial charge in [0.25, 0.3) is 0 Å². The normalized spacial score (nSPS) is 14.6. The molecule has 0 radical (unpaired) electrons. The molecular formula is C13H15FN4O. The van der Waals surface area contributed by atoms with Crippen LogP contribution in [0.15, 0.2) is 18.2 Å². The predicted octanol–water partition coefficient (Wildman–Crippen LogP) is 1.93. The van der Waals surface area contributed by atoms with Crippen LogP contribution in [0.1, 0.15) is 30.0 Å². The zero-order chi connectivity index (χ0) is 13.4. The van der Waals surface area contributed by atoms with Crippen molar-refractivity contribution in [3.05, 3.63) is 35.3 Å². The number of rotatable bonds is 4. The molecule has 0 spiro atoms. The first-order chi connectivity index (χ1) is 9.19.